The highest BCUT2D eigenvalue weighted by Gasteiger charge is 2.46. The van der Waals surface area contributed by atoms with Crippen LogP contribution in [0.25, 0.3) is 0 Å². The molecule has 0 saturated heterocycles. The lowest BCUT2D eigenvalue weighted by molar-refractivity contribution is -0.150. The summed E-state index contributed by atoms with van der Waals surface area (Å²) < 4.78 is 15.9. The summed E-state index contributed by atoms with van der Waals surface area (Å²) in [7, 11) is 1.33. The Hall–Kier alpha value is -2.93. The van der Waals surface area contributed by atoms with Crippen molar-refractivity contribution in [3.05, 3.63) is 64.2 Å². The number of esters is 1. The van der Waals surface area contributed by atoms with E-state index in [0.717, 1.165) is 5.56 Å². The van der Waals surface area contributed by atoms with Gasteiger partial charge in [0.1, 0.15) is 19.0 Å². The van der Waals surface area contributed by atoms with Gasteiger partial charge >= 0.3 is 5.97 Å². The van der Waals surface area contributed by atoms with E-state index in [-0.39, 0.29) is 42.8 Å². The molecule has 29 heavy (non-hydrogen) atoms. The molecule has 1 fully saturated rings. The molecular formula is C22H24O7. The summed E-state index contributed by atoms with van der Waals surface area (Å²) in [6.07, 6.45) is 1.86. The molecule has 0 bridgehead atoms. The Balaban J connectivity index is 1.83. The third-order valence-corrected chi connectivity index (χ3v) is 5.57. The first kappa shape index (κ1) is 20.8. The number of carbonyl (C=O) groups is 2. The molecule has 1 N–H and O–H groups in total. The number of carbonyl (C=O) groups excluding carboxylic acids is 2. The van der Waals surface area contributed by atoms with E-state index in [1.165, 1.54) is 19.4 Å². The fourth-order valence-corrected chi connectivity index (χ4v) is 3.75. The van der Waals surface area contributed by atoms with E-state index >= 15 is 0 Å². The molecular weight excluding hydrogens is 376 g/mol. The van der Waals surface area contributed by atoms with Gasteiger partial charge in [-0.25, -0.2) is 0 Å². The smallest absolute Gasteiger partial charge is 0.308 e. The highest BCUT2D eigenvalue weighted by molar-refractivity contribution is 5.73. The molecule has 0 spiro atoms. The van der Waals surface area contributed by atoms with E-state index in [1.54, 1.807) is 0 Å². The number of benzene rings is 1. The molecule has 3 rings (SSSR count). The summed E-state index contributed by atoms with van der Waals surface area (Å²) in [5, 5.41) is 11.0. The SMILES string of the molecule is COC(=O)C1CCC(C=O)(C(O)c2occc(=O)c2OCc2ccccc2)CC1. The van der Waals surface area contributed by atoms with Crippen molar-refractivity contribution < 1.29 is 28.6 Å². The van der Waals surface area contributed by atoms with E-state index in [0.29, 0.717) is 19.1 Å². The molecule has 0 amide bonds. The van der Waals surface area contributed by atoms with Gasteiger partial charge in [-0.3, -0.25) is 9.59 Å². The maximum atomic E-state index is 12.4. The number of hydrogen-bond acceptors (Lipinski definition) is 7. The number of rotatable bonds is 7. The second-order valence-electron chi connectivity index (χ2n) is 7.30. The van der Waals surface area contributed by atoms with Gasteiger partial charge in [-0.15, -0.1) is 0 Å². The van der Waals surface area contributed by atoms with E-state index in [9.17, 15) is 19.5 Å². The first-order valence-electron chi connectivity index (χ1n) is 9.51. The summed E-state index contributed by atoms with van der Waals surface area (Å²) in [6.45, 7) is 0.119. The van der Waals surface area contributed by atoms with Crippen LogP contribution >= 0.6 is 0 Å². The number of aliphatic hydroxyl groups is 1. The lowest BCUT2D eigenvalue weighted by atomic mass is 9.67. The predicted molar refractivity (Wildman–Crippen MR) is 103 cm³/mol. The van der Waals surface area contributed by atoms with Crippen LogP contribution < -0.4 is 10.2 Å². The van der Waals surface area contributed by atoms with Gasteiger partial charge in [0.25, 0.3) is 0 Å². The number of aldehydes is 1. The number of hydrogen-bond donors (Lipinski definition) is 1. The quantitative estimate of drug-likeness (QED) is 0.563. The van der Waals surface area contributed by atoms with Crippen LogP contribution in [0, 0.1) is 11.3 Å². The first-order chi connectivity index (χ1) is 14.0. The van der Waals surface area contributed by atoms with Crippen LogP contribution in [0.4, 0.5) is 0 Å². The topological polar surface area (TPSA) is 103 Å². The van der Waals surface area contributed by atoms with Crippen LogP contribution in [-0.4, -0.2) is 24.5 Å². The number of aliphatic hydroxyl groups excluding tert-OH is 1. The maximum absolute atomic E-state index is 12.4. The largest absolute Gasteiger partial charge is 0.482 e. The minimum absolute atomic E-state index is 0.0722. The minimum Gasteiger partial charge on any atom is -0.482 e. The molecule has 1 aliphatic rings. The summed E-state index contributed by atoms with van der Waals surface area (Å²) >= 11 is 0. The van der Waals surface area contributed by atoms with Crippen LogP contribution in [-0.2, 0) is 20.9 Å². The van der Waals surface area contributed by atoms with Crippen LogP contribution in [0.15, 0.2) is 51.9 Å². The van der Waals surface area contributed by atoms with Gasteiger partial charge < -0.3 is 23.8 Å². The number of methoxy groups -OCH3 is 1. The van der Waals surface area contributed by atoms with Gasteiger partial charge in [0.2, 0.25) is 11.2 Å². The van der Waals surface area contributed by atoms with Gasteiger partial charge in [-0.2, -0.15) is 0 Å². The second kappa shape index (κ2) is 9.05. The lowest BCUT2D eigenvalue weighted by Crippen LogP contribution is -2.37. The fourth-order valence-electron chi connectivity index (χ4n) is 3.75. The van der Waals surface area contributed by atoms with Gasteiger partial charge in [0.05, 0.1) is 24.7 Å². The minimum atomic E-state index is -1.36. The summed E-state index contributed by atoms with van der Waals surface area (Å²) in [4.78, 5) is 36.1. The standard InChI is InChI=1S/C22H24O7/c1-27-21(26)16-7-10-22(14-23,11-8-16)20(25)19-18(17(24)9-12-28-19)29-13-15-5-3-2-4-6-15/h2-6,9,12,14,16,20,25H,7-8,10-11,13H2,1H3. The van der Waals surface area contributed by atoms with Crippen LogP contribution in [0.2, 0.25) is 0 Å². The Morgan fingerprint density at radius 2 is 1.97 bits per heavy atom. The maximum Gasteiger partial charge on any atom is 0.308 e. The van der Waals surface area contributed by atoms with Crippen molar-refractivity contribution in [2.24, 2.45) is 11.3 Å². The molecule has 154 valence electrons. The number of ether oxygens (including phenoxy) is 2. The van der Waals surface area contributed by atoms with Crippen molar-refractivity contribution in [2.45, 2.75) is 38.4 Å². The Morgan fingerprint density at radius 1 is 1.28 bits per heavy atom. The first-order valence-corrected chi connectivity index (χ1v) is 9.51. The molecule has 7 heteroatoms. The average molecular weight is 400 g/mol. The van der Waals surface area contributed by atoms with Crippen molar-refractivity contribution in [2.75, 3.05) is 7.11 Å². The van der Waals surface area contributed by atoms with E-state index in [4.69, 9.17) is 13.9 Å². The normalized spacial score (nSPS) is 22.5. The van der Waals surface area contributed by atoms with Gasteiger partial charge in [0.15, 0.2) is 5.76 Å². The van der Waals surface area contributed by atoms with Crippen molar-refractivity contribution in [3.8, 4) is 5.75 Å². The molecule has 2 aromatic rings. The van der Waals surface area contributed by atoms with Crippen molar-refractivity contribution in [1.82, 2.24) is 0 Å². The van der Waals surface area contributed by atoms with Gasteiger partial charge in [0, 0.05) is 6.07 Å². The van der Waals surface area contributed by atoms with Gasteiger partial charge in [-0.1, -0.05) is 30.3 Å². The molecule has 1 heterocycles. The van der Waals surface area contributed by atoms with Crippen LogP contribution in [0.3, 0.4) is 0 Å². The molecule has 1 aromatic heterocycles. The Bertz CT molecular complexity index is 895. The Labute approximate surface area is 168 Å². The molecule has 7 nitrogen and oxygen atoms in total. The van der Waals surface area contributed by atoms with Gasteiger partial charge in [-0.05, 0) is 31.2 Å². The summed E-state index contributed by atoms with van der Waals surface area (Å²) in [5.41, 5.74) is -0.752. The third kappa shape index (κ3) is 4.40. The lowest BCUT2D eigenvalue weighted by Gasteiger charge is -2.38. The predicted octanol–water partition coefficient (Wildman–Crippen LogP) is 2.80. The molecule has 1 atom stereocenters. The molecule has 0 radical (unpaired) electrons. The van der Waals surface area contributed by atoms with Crippen LogP contribution in [0.5, 0.6) is 5.75 Å². The van der Waals surface area contributed by atoms with Crippen molar-refractivity contribution >= 4 is 12.3 Å². The molecule has 1 unspecified atom stereocenters. The fraction of sp³-hybridized carbons (Fsp3) is 0.409. The summed E-state index contributed by atoms with van der Waals surface area (Å²) in [6, 6.07) is 10.5. The summed E-state index contributed by atoms with van der Waals surface area (Å²) in [5.74, 6) is -0.814. The average Bonchev–Trinajstić information content (AvgIpc) is 2.77. The molecule has 1 saturated carbocycles. The zero-order valence-corrected chi connectivity index (χ0v) is 16.2. The zero-order chi connectivity index (χ0) is 20.9. The van der Waals surface area contributed by atoms with E-state index in [1.807, 2.05) is 30.3 Å². The van der Waals surface area contributed by atoms with E-state index < -0.39 is 16.9 Å². The molecule has 1 aromatic carbocycles. The Morgan fingerprint density at radius 3 is 2.59 bits per heavy atom. The second-order valence-corrected chi connectivity index (χ2v) is 7.30. The monoisotopic (exact) mass is 400 g/mol. The highest BCUT2D eigenvalue weighted by Crippen LogP contribution is 2.47. The van der Waals surface area contributed by atoms with Crippen LogP contribution in [0.1, 0.15) is 43.1 Å². The zero-order valence-electron chi connectivity index (χ0n) is 16.2. The molecule has 0 aliphatic heterocycles. The van der Waals surface area contributed by atoms with Crippen molar-refractivity contribution in [3.63, 3.8) is 0 Å². The molecule has 1 aliphatic carbocycles. The highest BCUT2D eigenvalue weighted by atomic mass is 16.5. The van der Waals surface area contributed by atoms with E-state index in [2.05, 4.69) is 0 Å². The van der Waals surface area contributed by atoms with Crippen molar-refractivity contribution in [1.29, 1.82) is 0 Å². The Kier molecular flexibility index (Phi) is 6.49. The third-order valence-electron chi connectivity index (χ3n) is 5.57.